The fourth-order valence-corrected chi connectivity index (χ4v) is 4.74. The summed E-state index contributed by atoms with van der Waals surface area (Å²) < 4.78 is 1.85. The van der Waals surface area contributed by atoms with Gasteiger partial charge in [0.25, 0.3) is 5.56 Å². The van der Waals surface area contributed by atoms with Crippen molar-refractivity contribution in [2.75, 3.05) is 25.0 Å². The van der Waals surface area contributed by atoms with Gasteiger partial charge in [-0.05, 0) is 69.9 Å². The zero-order valence-corrected chi connectivity index (χ0v) is 17.9. The monoisotopic (exact) mass is 426 g/mol. The van der Waals surface area contributed by atoms with Crippen molar-refractivity contribution in [2.24, 2.45) is 0 Å². The second-order valence-corrected chi connectivity index (χ2v) is 8.28. The smallest absolute Gasteiger partial charge is 0.349 e. The number of rotatable bonds is 8. The molecular weight excluding hydrogens is 400 g/mol. The summed E-state index contributed by atoms with van der Waals surface area (Å²) in [6.07, 6.45) is 6.31. The van der Waals surface area contributed by atoms with E-state index in [9.17, 15) is 14.7 Å². The molecule has 0 spiro atoms. The van der Waals surface area contributed by atoms with Crippen LogP contribution in [-0.4, -0.2) is 40.2 Å². The van der Waals surface area contributed by atoms with Gasteiger partial charge in [-0.3, -0.25) is 9.36 Å². The average molecular weight is 427 g/mol. The highest BCUT2D eigenvalue weighted by molar-refractivity contribution is 7.07. The van der Waals surface area contributed by atoms with Crippen molar-refractivity contribution >= 4 is 34.8 Å². The van der Waals surface area contributed by atoms with Gasteiger partial charge >= 0.3 is 5.97 Å². The number of nitrogens with one attached hydrogen (secondary N) is 1. The summed E-state index contributed by atoms with van der Waals surface area (Å²) in [6, 6.07) is 9.76. The van der Waals surface area contributed by atoms with E-state index in [0.29, 0.717) is 11.1 Å². The van der Waals surface area contributed by atoms with Crippen LogP contribution in [0.1, 0.15) is 31.7 Å². The Morgan fingerprint density at radius 3 is 2.80 bits per heavy atom. The normalized spacial score (nSPS) is 15.8. The number of nitrogens with zero attached hydrogens (tertiary/aromatic N) is 3. The minimum Gasteiger partial charge on any atom is -0.477 e. The molecule has 0 radical (unpaired) electrons. The van der Waals surface area contributed by atoms with Crippen LogP contribution in [0.5, 0.6) is 0 Å². The Kier molecular flexibility index (Phi) is 7.44. The molecule has 0 aliphatic carbocycles. The Labute approximate surface area is 179 Å². The maximum Gasteiger partial charge on any atom is 0.349 e. The Hall–Kier alpha value is -2.89. The molecule has 2 aromatic rings. The van der Waals surface area contributed by atoms with Gasteiger partial charge in [-0.25, -0.2) is 4.79 Å². The summed E-state index contributed by atoms with van der Waals surface area (Å²) in [6.45, 7) is 5.59. The van der Waals surface area contributed by atoms with Gasteiger partial charge in [0.1, 0.15) is 15.3 Å². The number of hydrogen-bond acceptors (Lipinski definition) is 6. The molecule has 7 nitrogen and oxygen atoms in total. The van der Waals surface area contributed by atoms with Gasteiger partial charge in [0, 0.05) is 18.4 Å². The van der Waals surface area contributed by atoms with Crippen molar-refractivity contribution in [1.29, 1.82) is 5.26 Å². The first-order valence-corrected chi connectivity index (χ1v) is 11.0. The minimum absolute atomic E-state index is 0.168. The molecule has 1 aromatic carbocycles. The number of benzene rings is 1. The molecule has 1 aliphatic heterocycles. The number of carboxylic acid groups (broad SMARTS) is 1. The quantitative estimate of drug-likeness (QED) is 0.665. The molecule has 0 atom stereocenters. The van der Waals surface area contributed by atoms with E-state index in [0.717, 1.165) is 36.4 Å². The van der Waals surface area contributed by atoms with Crippen LogP contribution in [0.25, 0.3) is 11.8 Å². The first kappa shape index (κ1) is 21.8. The van der Waals surface area contributed by atoms with Gasteiger partial charge < -0.3 is 15.3 Å². The molecule has 1 saturated heterocycles. The number of carbonyl (C=O) groups is 1. The lowest BCUT2D eigenvalue weighted by molar-refractivity contribution is -0.130. The molecule has 3 rings (SSSR count). The Morgan fingerprint density at radius 2 is 2.13 bits per heavy atom. The minimum atomic E-state index is -1.33. The summed E-state index contributed by atoms with van der Waals surface area (Å²) in [5.74, 6) is -1.33. The van der Waals surface area contributed by atoms with E-state index < -0.39 is 11.5 Å². The van der Waals surface area contributed by atoms with Crippen molar-refractivity contribution in [3.05, 3.63) is 49.4 Å². The second kappa shape index (κ2) is 10.2. The zero-order chi connectivity index (χ0) is 21.5. The number of nitriles is 1. The van der Waals surface area contributed by atoms with E-state index in [2.05, 4.69) is 22.3 Å². The molecule has 1 aliphatic rings. The van der Waals surface area contributed by atoms with Crippen molar-refractivity contribution in [1.82, 2.24) is 9.47 Å². The van der Waals surface area contributed by atoms with E-state index in [1.807, 2.05) is 12.1 Å². The van der Waals surface area contributed by atoms with Crippen LogP contribution in [0, 0.1) is 11.3 Å². The number of anilines is 1. The van der Waals surface area contributed by atoms with Crippen LogP contribution < -0.4 is 20.1 Å². The highest BCUT2D eigenvalue weighted by Gasteiger charge is 2.14. The summed E-state index contributed by atoms with van der Waals surface area (Å²) in [5.41, 5.74) is 1.38. The molecular formula is C22H26N4O3S. The van der Waals surface area contributed by atoms with Gasteiger partial charge in [-0.15, -0.1) is 11.3 Å². The molecule has 0 unspecified atom stereocenters. The van der Waals surface area contributed by atoms with Crippen LogP contribution in [0.3, 0.4) is 0 Å². The third kappa shape index (κ3) is 5.17. The summed E-state index contributed by atoms with van der Waals surface area (Å²) in [7, 11) is 0. The Morgan fingerprint density at radius 1 is 1.37 bits per heavy atom. The highest BCUT2D eigenvalue weighted by atomic mass is 32.1. The number of hydrogen-bond donors (Lipinski definition) is 2. The van der Waals surface area contributed by atoms with E-state index >= 15 is 0 Å². The first-order chi connectivity index (χ1) is 14.5. The summed E-state index contributed by atoms with van der Waals surface area (Å²) in [4.78, 5) is 26.4. The Bertz CT molecular complexity index is 1120. The van der Waals surface area contributed by atoms with E-state index in [4.69, 9.17) is 5.26 Å². The standard InChI is InChI=1S/C22H26N4O3S/c1-2-26-20(27)19(30-21(26)18(14-23)22(28)29)15-24-17-9-5-7-16(13-17)8-6-12-25-10-3-4-11-25/h5,7,9,13,15,24H,2-4,6,8,10-12H2,1H3,(H,28,29)/b19-15+,21-18-. The average Bonchev–Trinajstić information content (AvgIpc) is 3.35. The third-order valence-electron chi connectivity index (χ3n) is 5.20. The van der Waals surface area contributed by atoms with Crippen molar-refractivity contribution < 1.29 is 9.90 Å². The summed E-state index contributed by atoms with van der Waals surface area (Å²) >= 11 is 1.01. The van der Waals surface area contributed by atoms with Crippen LogP contribution >= 0.6 is 11.3 Å². The van der Waals surface area contributed by atoms with Gasteiger partial charge in [0.2, 0.25) is 0 Å². The molecule has 8 heteroatoms. The molecule has 0 saturated carbocycles. The maximum atomic E-state index is 12.6. The number of aromatic nitrogens is 1. The van der Waals surface area contributed by atoms with Crippen LogP contribution in [0.15, 0.2) is 29.1 Å². The molecule has 2 heterocycles. The predicted molar refractivity (Wildman–Crippen MR) is 119 cm³/mol. The van der Waals surface area contributed by atoms with E-state index in [-0.39, 0.29) is 10.2 Å². The van der Waals surface area contributed by atoms with Crippen LogP contribution in [0.4, 0.5) is 5.69 Å². The number of aryl methyl sites for hydroxylation is 1. The lowest BCUT2D eigenvalue weighted by Crippen LogP contribution is -2.32. The van der Waals surface area contributed by atoms with Gasteiger partial charge in [0.05, 0.1) is 0 Å². The van der Waals surface area contributed by atoms with E-state index in [1.54, 1.807) is 19.2 Å². The SMILES string of the molecule is CCn1c(=O)/c(=C\Nc2cccc(CCCN3CCCC3)c2)s/c1=C(/C#N)C(=O)O. The number of thiazole rings is 1. The number of carboxylic acids is 1. The van der Waals surface area contributed by atoms with Gasteiger partial charge in [0.15, 0.2) is 5.57 Å². The molecule has 1 aromatic heterocycles. The van der Waals surface area contributed by atoms with Crippen molar-refractivity contribution in [2.45, 2.75) is 39.2 Å². The summed E-state index contributed by atoms with van der Waals surface area (Å²) in [5, 5.41) is 21.5. The molecule has 30 heavy (non-hydrogen) atoms. The fourth-order valence-electron chi connectivity index (χ4n) is 3.66. The van der Waals surface area contributed by atoms with Crippen LogP contribution in [-0.2, 0) is 17.8 Å². The largest absolute Gasteiger partial charge is 0.477 e. The zero-order valence-electron chi connectivity index (χ0n) is 17.1. The third-order valence-corrected chi connectivity index (χ3v) is 6.33. The maximum absolute atomic E-state index is 12.6. The molecule has 158 valence electrons. The number of likely N-dealkylation sites (tertiary alicyclic amines) is 1. The first-order valence-electron chi connectivity index (χ1n) is 10.2. The second-order valence-electron chi connectivity index (χ2n) is 7.25. The number of aliphatic carboxylic acids is 1. The van der Waals surface area contributed by atoms with Crippen molar-refractivity contribution in [3.8, 4) is 6.07 Å². The lowest BCUT2D eigenvalue weighted by atomic mass is 10.1. The fraction of sp³-hybridized carbons (Fsp3) is 0.409. The highest BCUT2D eigenvalue weighted by Crippen LogP contribution is 2.14. The predicted octanol–water partition coefficient (Wildman–Crippen LogP) is 1.57. The van der Waals surface area contributed by atoms with Crippen molar-refractivity contribution in [3.63, 3.8) is 0 Å². The molecule has 0 amide bonds. The molecule has 0 bridgehead atoms. The molecule has 2 N–H and O–H groups in total. The van der Waals surface area contributed by atoms with Crippen LogP contribution in [0.2, 0.25) is 0 Å². The van der Waals surface area contributed by atoms with Gasteiger partial charge in [-0.1, -0.05) is 12.1 Å². The Balaban J connectivity index is 1.77. The van der Waals surface area contributed by atoms with E-state index in [1.165, 1.54) is 36.1 Å². The van der Waals surface area contributed by atoms with Gasteiger partial charge in [-0.2, -0.15) is 5.26 Å². The molecule has 1 fully saturated rings. The lowest BCUT2D eigenvalue weighted by Gasteiger charge is -2.14. The topological polar surface area (TPSA) is 98.4 Å².